The van der Waals surface area contributed by atoms with Crippen molar-refractivity contribution in [3.63, 3.8) is 0 Å². The number of amidine groups is 1. The molecule has 3 aliphatic rings. The van der Waals surface area contributed by atoms with Crippen molar-refractivity contribution in [2.75, 3.05) is 31.1 Å². The lowest BCUT2D eigenvalue weighted by atomic mass is 9.84. The zero-order valence-corrected chi connectivity index (χ0v) is 23.7. The molecule has 3 heterocycles. The predicted molar refractivity (Wildman–Crippen MR) is 149 cm³/mol. The molecule has 1 aliphatic carbocycles. The molecule has 204 valence electrons. The summed E-state index contributed by atoms with van der Waals surface area (Å²) in [6.07, 6.45) is 2.36. The van der Waals surface area contributed by atoms with Crippen molar-refractivity contribution in [2.45, 2.75) is 64.0 Å². The van der Waals surface area contributed by atoms with E-state index in [1.165, 1.54) is 0 Å². The first-order valence-corrected chi connectivity index (χ1v) is 12.8. The monoisotopic (exact) mass is 586 g/mol. The number of aliphatic hydroxyl groups excluding tert-OH is 1. The quantitative estimate of drug-likeness (QED) is 0.397. The summed E-state index contributed by atoms with van der Waals surface area (Å²) in [4.78, 5) is 33.3. The van der Waals surface area contributed by atoms with Crippen molar-refractivity contribution < 1.29 is 24.5 Å². The molecule has 3 N–H and O–H groups in total. The normalized spacial score (nSPS) is 18.8. The number of aliphatic carboxylic acids is 1. The van der Waals surface area contributed by atoms with E-state index in [0.717, 1.165) is 29.7 Å². The van der Waals surface area contributed by atoms with Crippen LogP contribution in [-0.2, 0) is 16.8 Å². The SMILES string of the molecule is Br.CC(C)(C)c1cc(C(=O)CN2Cc3ccc(C4CC4)nc3C2=N)cc(N2CCC(O)C2)c1OCC(=O)O. The lowest BCUT2D eigenvalue weighted by Gasteiger charge is -2.29. The van der Waals surface area contributed by atoms with Gasteiger partial charge in [0.05, 0.1) is 18.3 Å². The van der Waals surface area contributed by atoms with Crippen LogP contribution in [0.25, 0.3) is 0 Å². The summed E-state index contributed by atoms with van der Waals surface area (Å²) in [5.41, 5.74) is 4.03. The standard InChI is InChI=1S/C28H34N4O5.BrH/c1-28(2,3)20-10-18(11-22(26(20)37-15-24(35)36)31-9-8-19(33)13-31)23(34)14-32-12-17-6-7-21(16-4-5-16)30-25(17)27(32)29;/h6-7,10-11,16,19,29,33H,4-5,8-9,12-15H2,1-3H3,(H,35,36);1H. The van der Waals surface area contributed by atoms with E-state index in [1.807, 2.05) is 37.8 Å². The molecular weight excluding hydrogens is 552 g/mol. The van der Waals surface area contributed by atoms with Gasteiger partial charge in [-0.1, -0.05) is 26.8 Å². The Morgan fingerprint density at radius 3 is 2.53 bits per heavy atom. The first-order chi connectivity index (χ1) is 17.5. The number of pyridine rings is 1. The highest BCUT2D eigenvalue weighted by atomic mass is 79.9. The average molecular weight is 588 g/mol. The smallest absolute Gasteiger partial charge is 0.341 e. The number of aromatic nitrogens is 1. The molecule has 9 nitrogen and oxygen atoms in total. The summed E-state index contributed by atoms with van der Waals surface area (Å²) in [5, 5.41) is 28.1. The number of hydrogen-bond acceptors (Lipinski definition) is 7. The molecule has 1 atom stereocenters. The van der Waals surface area contributed by atoms with E-state index in [-0.39, 0.29) is 35.1 Å². The van der Waals surface area contributed by atoms with Crippen molar-refractivity contribution in [3.8, 4) is 5.75 Å². The van der Waals surface area contributed by atoms with E-state index in [2.05, 4.69) is 0 Å². The van der Waals surface area contributed by atoms with Crippen LogP contribution >= 0.6 is 17.0 Å². The maximum atomic E-state index is 13.6. The number of Topliss-reactive ketones (excluding diaryl/α,β-unsaturated/α-hetero) is 1. The summed E-state index contributed by atoms with van der Waals surface area (Å²) in [6.45, 7) is 6.93. The first kappa shape index (κ1) is 28.0. The summed E-state index contributed by atoms with van der Waals surface area (Å²) < 4.78 is 5.78. The van der Waals surface area contributed by atoms with Gasteiger partial charge < -0.3 is 24.7 Å². The number of ketones is 1. The summed E-state index contributed by atoms with van der Waals surface area (Å²) >= 11 is 0. The molecule has 0 radical (unpaired) electrons. The molecule has 1 aromatic heterocycles. The molecule has 1 aromatic carbocycles. The number of fused-ring (bicyclic) bond motifs is 1. The highest BCUT2D eigenvalue weighted by molar-refractivity contribution is 8.93. The van der Waals surface area contributed by atoms with Crippen LogP contribution < -0.4 is 9.64 Å². The third-order valence-electron chi connectivity index (χ3n) is 7.28. The molecule has 1 saturated heterocycles. The second kappa shape index (κ2) is 10.6. The number of ether oxygens (including phenoxy) is 1. The molecule has 2 aliphatic heterocycles. The third kappa shape index (κ3) is 5.71. The number of rotatable bonds is 8. The zero-order chi connectivity index (χ0) is 26.5. The molecule has 1 unspecified atom stereocenters. The van der Waals surface area contributed by atoms with E-state index in [4.69, 9.17) is 15.1 Å². The Morgan fingerprint density at radius 2 is 1.92 bits per heavy atom. The van der Waals surface area contributed by atoms with Crippen LogP contribution in [0.15, 0.2) is 24.3 Å². The number of carbonyl (C=O) groups is 2. The van der Waals surface area contributed by atoms with Crippen molar-refractivity contribution in [2.24, 2.45) is 0 Å². The Hall–Kier alpha value is -2.98. The van der Waals surface area contributed by atoms with Crippen LogP contribution in [0.2, 0.25) is 0 Å². The van der Waals surface area contributed by atoms with Crippen LogP contribution in [0.1, 0.15) is 78.8 Å². The highest BCUT2D eigenvalue weighted by Crippen LogP contribution is 2.42. The average Bonchev–Trinajstić information content (AvgIpc) is 3.53. The van der Waals surface area contributed by atoms with E-state index in [9.17, 15) is 19.8 Å². The Kier molecular flexibility index (Phi) is 7.86. The minimum Gasteiger partial charge on any atom is -0.479 e. The second-order valence-electron chi connectivity index (χ2n) is 11.3. The number of nitrogens with one attached hydrogen (secondary N) is 1. The highest BCUT2D eigenvalue weighted by Gasteiger charge is 2.33. The third-order valence-corrected chi connectivity index (χ3v) is 7.28. The lowest BCUT2D eigenvalue weighted by Crippen LogP contribution is -2.31. The van der Waals surface area contributed by atoms with Gasteiger partial charge in [-0.3, -0.25) is 10.2 Å². The minimum atomic E-state index is -1.09. The fraction of sp³-hybridized carbons (Fsp3) is 0.500. The number of carboxylic acid groups (broad SMARTS) is 1. The molecular formula is C28H35BrN4O5. The molecule has 0 amide bonds. The fourth-order valence-electron chi connectivity index (χ4n) is 5.09. The van der Waals surface area contributed by atoms with Gasteiger partial charge in [0, 0.05) is 47.9 Å². The number of β-amino-alcohol motifs (C(OH)–C–C–N with tert-alkyl or cyclic N) is 1. The van der Waals surface area contributed by atoms with E-state index in [1.54, 1.807) is 17.0 Å². The maximum Gasteiger partial charge on any atom is 0.341 e. The van der Waals surface area contributed by atoms with Crippen LogP contribution in [0.5, 0.6) is 5.75 Å². The number of nitrogens with zero attached hydrogens (tertiary/aromatic N) is 3. The first-order valence-electron chi connectivity index (χ1n) is 12.8. The maximum absolute atomic E-state index is 13.6. The Morgan fingerprint density at radius 1 is 1.18 bits per heavy atom. The lowest BCUT2D eigenvalue weighted by molar-refractivity contribution is -0.139. The van der Waals surface area contributed by atoms with E-state index < -0.39 is 24.1 Å². The molecule has 10 heteroatoms. The molecule has 2 aromatic rings. The molecule has 1 saturated carbocycles. The number of aliphatic hydroxyl groups is 1. The topological polar surface area (TPSA) is 127 Å². The van der Waals surface area contributed by atoms with Gasteiger partial charge in [-0.2, -0.15) is 0 Å². The number of carboxylic acids is 1. The van der Waals surface area contributed by atoms with Crippen molar-refractivity contribution in [1.29, 1.82) is 5.41 Å². The van der Waals surface area contributed by atoms with E-state index in [0.29, 0.717) is 54.7 Å². The molecule has 5 rings (SSSR count). The van der Waals surface area contributed by atoms with Gasteiger partial charge in [-0.15, -0.1) is 17.0 Å². The largest absolute Gasteiger partial charge is 0.479 e. The van der Waals surface area contributed by atoms with Gasteiger partial charge in [0.1, 0.15) is 17.3 Å². The fourth-order valence-corrected chi connectivity index (χ4v) is 5.09. The molecule has 2 fully saturated rings. The van der Waals surface area contributed by atoms with Crippen molar-refractivity contribution in [1.82, 2.24) is 9.88 Å². The Bertz CT molecular complexity index is 1270. The molecule has 0 spiro atoms. The van der Waals surface area contributed by atoms with Gasteiger partial charge in [0.15, 0.2) is 12.4 Å². The number of anilines is 1. The number of hydrogen-bond donors (Lipinski definition) is 3. The van der Waals surface area contributed by atoms with Crippen molar-refractivity contribution in [3.05, 3.63) is 52.3 Å². The van der Waals surface area contributed by atoms with E-state index >= 15 is 0 Å². The minimum absolute atomic E-state index is 0. The van der Waals surface area contributed by atoms with Crippen LogP contribution in [-0.4, -0.2) is 70.0 Å². The second-order valence-corrected chi connectivity index (χ2v) is 11.3. The van der Waals surface area contributed by atoms with Crippen LogP contribution in [0, 0.1) is 5.41 Å². The Balaban J connectivity index is 0.00000336. The number of carbonyl (C=O) groups excluding carboxylic acids is 1. The van der Waals surface area contributed by atoms with Crippen molar-refractivity contribution >= 4 is 40.3 Å². The molecule has 0 bridgehead atoms. The van der Waals surface area contributed by atoms with Gasteiger partial charge in [-0.25, -0.2) is 9.78 Å². The van der Waals surface area contributed by atoms with Crippen LogP contribution in [0.4, 0.5) is 5.69 Å². The van der Waals surface area contributed by atoms with Gasteiger partial charge in [0.25, 0.3) is 0 Å². The number of halogens is 1. The van der Waals surface area contributed by atoms with Gasteiger partial charge >= 0.3 is 5.97 Å². The Labute approximate surface area is 233 Å². The summed E-state index contributed by atoms with van der Waals surface area (Å²) in [7, 11) is 0. The van der Waals surface area contributed by atoms with Gasteiger partial charge in [-0.05, 0) is 42.9 Å². The summed E-state index contributed by atoms with van der Waals surface area (Å²) in [6, 6.07) is 7.59. The molecule has 38 heavy (non-hydrogen) atoms. The predicted octanol–water partition coefficient (Wildman–Crippen LogP) is 3.89. The van der Waals surface area contributed by atoms with Crippen LogP contribution in [0.3, 0.4) is 0 Å². The van der Waals surface area contributed by atoms with Gasteiger partial charge in [0.2, 0.25) is 0 Å². The number of benzene rings is 1. The summed E-state index contributed by atoms with van der Waals surface area (Å²) in [5.74, 6) is -0.0342. The zero-order valence-electron chi connectivity index (χ0n) is 22.0.